The molecule has 0 aliphatic rings. The maximum absolute atomic E-state index is 11.8. The minimum Gasteiger partial charge on any atom is -0.483 e. The Morgan fingerprint density at radius 2 is 1.80 bits per heavy atom. The number of ether oxygens (including phenoxy) is 1. The van der Waals surface area contributed by atoms with Gasteiger partial charge in [-0.2, -0.15) is 5.10 Å². The number of carbonyl (C=O) groups is 2. The summed E-state index contributed by atoms with van der Waals surface area (Å²) in [5.41, 5.74) is 3.59. The number of nitrogens with one attached hydrogen (secondary N) is 2. The summed E-state index contributed by atoms with van der Waals surface area (Å²) < 4.78 is 7.18. The molecule has 1 aromatic rings. The van der Waals surface area contributed by atoms with Gasteiger partial charge in [0.2, 0.25) is 5.91 Å². The Balaban J connectivity index is 2.49. The Hall–Kier alpha value is -1.41. The van der Waals surface area contributed by atoms with Crippen molar-refractivity contribution in [2.24, 2.45) is 5.10 Å². The highest BCUT2D eigenvalue weighted by Gasteiger charge is 2.14. The van der Waals surface area contributed by atoms with Crippen molar-refractivity contribution in [2.45, 2.75) is 46.6 Å². The minimum absolute atomic E-state index is 0.121. The first-order valence-corrected chi connectivity index (χ1v) is 9.28. The summed E-state index contributed by atoms with van der Waals surface area (Å²) >= 11 is 6.81. The largest absolute Gasteiger partial charge is 0.483 e. The van der Waals surface area contributed by atoms with E-state index in [1.54, 1.807) is 6.92 Å². The standard InChI is InChI=1S/C17H23Br2N3O3/c1-10-6-14(13(19)8-12(10)18)25-9-16(24)22-21-11(2)7-15(23)20-17(3,4)5/h6,8H,7,9H2,1-5H3,(H,20,23)(H,22,24). The molecule has 25 heavy (non-hydrogen) atoms. The first-order valence-electron chi connectivity index (χ1n) is 7.69. The molecule has 0 atom stereocenters. The van der Waals surface area contributed by atoms with Crippen LogP contribution in [0.25, 0.3) is 0 Å². The van der Waals surface area contributed by atoms with Gasteiger partial charge in [0.1, 0.15) is 5.75 Å². The number of aryl methyl sites for hydroxylation is 1. The molecule has 0 spiro atoms. The minimum atomic E-state index is -0.400. The van der Waals surface area contributed by atoms with Crippen LogP contribution in [0.1, 0.15) is 39.7 Å². The molecule has 1 rings (SSSR count). The van der Waals surface area contributed by atoms with Gasteiger partial charge in [0.05, 0.1) is 10.9 Å². The lowest BCUT2D eigenvalue weighted by Crippen LogP contribution is -2.41. The van der Waals surface area contributed by atoms with E-state index in [-0.39, 0.29) is 24.5 Å². The summed E-state index contributed by atoms with van der Waals surface area (Å²) in [6.45, 7) is 9.14. The topological polar surface area (TPSA) is 79.8 Å². The number of hydrogen-bond acceptors (Lipinski definition) is 4. The third kappa shape index (κ3) is 8.49. The molecule has 0 aliphatic carbocycles. The van der Waals surface area contributed by atoms with Gasteiger partial charge in [-0.25, -0.2) is 5.43 Å². The molecule has 2 N–H and O–H groups in total. The molecule has 0 aromatic heterocycles. The smallest absolute Gasteiger partial charge is 0.277 e. The third-order valence-corrected chi connectivity index (χ3v) is 4.35. The van der Waals surface area contributed by atoms with Crippen molar-refractivity contribution in [1.82, 2.24) is 10.7 Å². The molecule has 0 saturated heterocycles. The lowest BCUT2D eigenvalue weighted by molar-refractivity contribution is -0.123. The van der Waals surface area contributed by atoms with Crippen molar-refractivity contribution in [3.63, 3.8) is 0 Å². The fraction of sp³-hybridized carbons (Fsp3) is 0.471. The number of hydrogen-bond donors (Lipinski definition) is 2. The molecule has 0 saturated carbocycles. The van der Waals surface area contributed by atoms with Crippen molar-refractivity contribution < 1.29 is 14.3 Å². The van der Waals surface area contributed by atoms with Crippen molar-refractivity contribution in [3.05, 3.63) is 26.6 Å². The van der Waals surface area contributed by atoms with Gasteiger partial charge >= 0.3 is 0 Å². The summed E-state index contributed by atoms with van der Waals surface area (Å²) in [4.78, 5) is 23.6. The maximum Gasteiger partial charge on any atom is 0.277 e. The molecule has 0 bridgehead atoms. The van der Waals surface area contributed by atoms with Crippen LogP contribution in [-0.2, 0) is 9.59 Å². The van der Waals surface area contributed by atoms with Gasteiger partial charge in [-0.1, -0.05) is 15.9 Å². The fourth-order valence-electron chi connectivity index (χ4n) is 1.81. The molecule has 8 heteroatoms. The quantitative estimate of drug-likeness (QED) is 0.485. The summed E-state index contributed by atoms with van der Waals surface area (Å²) in [7, 11) is 0. The lowest BCUT2D eigenvalue weighted by atomic mass is 10.1. The second-order valence-electron chi connectivity index (χ2n) is 6.68. The molecule has 0 fully saturated rings. The maximum atomic E-state index is 11.8. The van der Waals surface area contributed by atoms with Crippen LogP contribution in [0.2, 0.25) is 0 Å². The number of carbonyl (C=O) groups excluding carboxylic acids is 2. The molecular formula is C17H23Br2N3O3. The Kier molecular flexibility index (Phi) is 8.08. The van der Waals surface area contributed by atoms with Gasteiger partial charge in [-0.15, -0.1) is 0 Å². The van der Waals surface area contributed by atoms with Gasteiger partial charge in [-0.3, -0.25) is 9.59 Å². The van der Waals surface area contributed by atoms with Gasteiger partial charge in [0, 0.05) is 15.7 Å². The molecule has 0 radical (unpaired) electrons. The first kappa shape index (κ1) is 21.6. The zero-order valence-electron chi connectivity index (χ0n) is 15.0. The zero-order chi connectivity index (χ0) is 19.2. The highest BCUT2D eigenvalue weighted by Crippen LogP contribution is 2.31. The number of nitrogens with zero attached hydrogens (tertiary/aromatic N) is 1. The molecule has 0 unspecified atom stereocenters. The van der Waals surface area contributed by atoms with Gasteiger partial charge in [-0.05, 0) is 68.2 Å². The van der Waals surface area contributed by atoms with E-state index in [0.717, 1.165) is 14.5 Å². The average Bonchev–Trinajstić information content (AvgIpc) is 2.45. The molecule has 1 aromatic carbocycles. The summed E-state index contributed by atoms with van der Waals surface area (Å²) in [6, 6.07) is 3.69. The predicted molar refractivity (Wildman–Crippen MR) is 106 cm³/mol. The Morgan fingerprint density at radius 3 is 2.40 bits per heavy atom. The van der Waals surface area contributed by atoms with Crippen molar-refractivity contribution in [3.8, 4) is 5.75 Å². The number of hydrazone groups is 1. The van der Waals surface area contributed by atoms with E-state index in [0.29, 0.717) is 11.5 Å². The van der Waals surface area contributed by atoms with Crippen molar-refractivity contribution >= 4 is 49.4 Å². The van der Waals surface area contributed by atoms with E-state index in [1.807, 2.05) is 39.8 Å². The predicted octanol–water partition coefficient (Wildman–Crippen LogP) is 3.70. The Bertz CT molecular complexity index is 682. The number of amides is 2. The lowest BCUT2D eigenvalue weighted by Gasteiger charge is -2.20. The van der Waals surface area contributed by atoms with Crippen LogP contribution in [-0.4, -0.2) is 29.7 Å². The average molecular weight is 477 g/mol. The van der Waals surface area contributed by atoms with Crippen molar-refractivity contribution in [2.75, 3.05) is 6.61 Å². The first-order chi connectivity index (χ1) is 11.5. The molecular weight excluding hydrogens is 454 g/mol. The van der Waals surface area contributed by atoms with Crippen LogP contribution in [0, 0.1) is 6.92 Å². The normalized spacial score (nSPS) is 11.9. The number of benzene rings is 1. The van der Waals surface area contributed by atoms with Crippen LogP contribution in [0.15, 0.2) is 26.2 Å². The SMILES string of the molecule is CC(CC(=O)NC(C)(C)C)=NNC(=O)COc1cc(C)c(Br)cc1Br. The molecule has 6 nitrogen and oxygen atoms in total. The van der Waals surface area contributed by atoms with Gasteiger partial charge < -0.3 is 10.1 Å². The number of halogens is 2. The summed E-state index contributed by atoms with van der Waals surface area (Å²) in [5, 5.41) is 6.75. The molecule has 0 aliphatic heterocycles. The Morgan fingerprint density at radius 1 is 1.16 bits per heavy atom. The summed E-state index contributed by atoms with van der Waals surface area (Å²) in [5.74, 6) is 0.0256. The van der Waals surface area contributed by atoms with Crippen LogP contribution in [0.5, 0.6) is 5.75 Å². The molecule has 2 amide bonds. The van der Waals surface area contributed by atoms with Crippen molar-refractivity contribution in [1.29, 1.82) is 0 Å². The monoisotopic (exact) mass is 475 g/mol. The second kappa shape index (κ2) is 9.33. The van der Waals surface area contributed by atoms with Crippen LogP contribution >= 0.6 is 31.9 Å². The van der Waals surface area contributed by atoms with Gasteiger partial charge in [0.25, 0.3) is 5.91 Å². The summed E-state index contributed by atoms with van der Waals surface area (Å²) in [6.07, 6.45) is 0.121. The highest BCUT2D eigenvalue weighted by atomic mass is 79.9. The fourth-order valence-corrected chi connectivity index (χ4v) is 2.92. The molecule has 0 heterocycles. The third-order valence-electron chi connectivity index (χ3n) is 2.87. The van der Waals surface area contributed by atoms with E-state index >= 15 is 0 Å². The second-order valence-corrected chi connectivity index (χ2v) is 8.39. The highest BCUT2D eigenvalue weighted by molar-refractivity contribution is 9.11. The number of rotatable bonds is 6. The van der Waals surface area contributed by atoms with E-state index in [4.69, 9.17) is 4.74 Å². The van der Waals surface area contributed by atoms with Gasteiger partial charge in [0.15, 0.2) is 6.61 Å². The van der Waals surface area contributed by atoms with Crippen LogP contribution < -0.4 is 15.5 Å². The van der Waals surface area contributed by atoms with E-state index in [2.05, 4.69) is 47.7 Å². The Labute approximate surface area is 165 Å². The molecule has 138 valence electrons. The van der Waals surface area contributed by atoms with E-state index in [9.17, 15) is 9.59 Å². The van der Waals surface area contributed by atoms with Crippen LogP contribution in [0.3, 0.4) is 0 Å². The van der Waals surface area contributed by atoms with E-state index < -0.39 is 5.91 Å². The zero-order valence-corrected chi connectivity index (χ0v) is 18.2. The van der Waals surface area contributed by atoms with Crippen LogP contribution in [0.4, 0.5) is 0 Å². The van der Waals surface area contributed by atoms with E-state index in [1.165, 1.54) is 0 Å².